The maximum atomic E-state index is 6.19. The second kappa shape index (κ2) is 4.19. The van der Waals surface area contributed by atoms with Gasteiger partial charge in [0, 0.05) is 10.8 Å². The number of aryl methyl sites for hydroxylation is 2. The first kappa shape index (κ1) is 10.9. The normalized spacial score (nSPS) is 28.4. The highest BCUT2D eigenvalue weighted by Crippen LogP contribution is 2.32. The van der Waals surface area contributed by atoms with E-state index in [1.165, 1.54) is 11.1 Å². The van der Waals surface area contributed by atoms with Crippen LogP contribution in [-0.2, 0) is 25.7 Å². The van der Waals surface area contributed by atoms with Crippen molar-refractivity contribution in [2.75, 3.05) is 0 Å². The van der Waals surface area contributed by atoms with Gasteiger partial charge >= 0.3 is 11.5 Å². The van der Waals surface area contributed by atoms with Crippen molar-refractivity contribution in [2.24, 2.45) is 0 Å². The van der Waals surface area contributed by atoms with Crippen LogP contribution in [0.4, 0.5) is 0 Å². The lowest BCUT2D eigenvalue weighted by Gasteiger charge is -2.18. The lowest BCUT2D eigenvalue weighted by atomic mass is 9.91. The number of hydrogen-bond donors (Lipinski definition) is 0. The zero-order chi connectivity index (χ0) is 11.1. The molecule has 2 atom stereocenters. The molecular weight excluding hydrogens is 243 g/mol. The Bertz CT molecular complexity index is 381. The van der Waals surface area contributed by atoms with Gasteiger partial charge in [-0.15, -0.1) is 23.2 Å². The molecule has 16 heavy (non-hydrogen) atoms. The summed E-state index contributed by atoms with van der Waals surface area (Å²) in [7, 11) is 0. The maximum absolute atomic E-state index is 6.19. The minimum Gasteiger partial charge on any atom is -0.217 e. The molecule has 0 fully saturated rings. The average molecular weight is 258 g/mol. The van der Waals surface area contributed by atoms with Crippen LogP contribution in [0.2, 0.25) is 0 Å². The highest BCUT2D eigenvalue weighted by atomic mass is 35.5. The van der Waals surface area contributed by atoms with Crippen LogP contribution in [0.3, 0.4) is 0 Å². The van der Waals surface area contributed by atoms with E-state index in [4.69, 9.17) is 27.6 Å². The number of alkyl halides is 2. The van der Waals surface area contributed by atoms with Crippen LogP contribution in [0.25, 0.3) is 0 Å². The average Bonchev–Trinajstić information content (AvgIpc) is 2.26. The maximum Gasteiger partial charge on any atom is 0.332 e. The van der Waals surface area contributed by atoms with E-state index in [1.54, 1.807) is 0 Å². The van der Waals surface area contributed by atoms with E-state index >= 15 is 0 Å². The molecule has 2 aliphatic rings. The molecule has 2 unspecified atom stereocenters. The van der Waals surface area contributed by atoms with Crippen molar-refractivity contribution in [2.45, 2.75) is 49.3 Å². The van der Waals surface area contributed by atoms with E-state index < -0.39 is 0 Å². The Hall–Kier alpha value is -0.270. The highest BCUT2D eigenvalue weighted by Gasteiger charge is 2.32. The van der Waals surface area contributed by atoms with Crippen molar-refractivity contribution >= 4 is 23.2 Å². The molecule has 0 aromatic carbocycles. The van der Waals surface area contributed by atoms with Gasteiger partial charge in [-0.05, 0) is 31.7 Å². The first-order chi connectivity index (χ1) is 7.72. The minimum absolute atomic E-state index is 0.274. The molecule has 1 heterocycles. The van der Waals surface area contributed by atoms with E-state index in [-0.39, 0.29) is 10.8 Å². The summed E-state index contributed by atoms with van der Waals surface area (Å²) in [5.74, 6) is 2.31. The fourth-order valence-corrected chi connectivity index (χ4v) is 3.23. The zero-order valence-electron chi connectivity index (χ0n) is 9.14. The predicted octanol–water partition coefficient (Wildman–Crippen LogP) is 3.75. The molecule has 1 nitrogen and oxygen atoms in total. The summed E-state index contributed by atoms with van der Waals surface area (Å²) in [5.41, 5.74) is 2.60. The molecule has 0 N–H and O–H groups in total. The minimum atomic E-state index is 0.274. The molecule has 0 bridgehead atoms. The highest BCUT2D eigenvalue weighted by molar-refractivity contribution is 6.21. The predicted molar refractivity (Wildman–Crippen MR) is 66.4 cm³/mol. The van der Waals surface area contributed by atoms with Gasteiger partial charge in [0.05, 0.1) is 24.0 Å². The molecule has 0 aliphatic heterocycles. The van der Waals surface area contributed by atoms with Gasteiger partial charge in [-0.25, -0.2) is 4.42 Å². The van der Waals surface area contributed by atoms with Crippen LogP contribution in [-0.4, -0.2) is 10.8 Å². The Morgan fingerprint density at radius 1 is 0.938 bits per heavy atom. The van der Waals surface area contributed by atoms with Crippen LogP contribution in [0.1, 0.15) is 35.5 Å². The molecule has 0 amide bonds. The molecule has 1 aromatic rings. The van der Waals surface area contributed by atoms with Gasteiger partial charge in [0.2, 0.25) is 0 Å². The summed E-state index contributed by atoms with van der Waals surface area (Å²) in [6, 6.07) is 2.28. The van der Waals surface area contributed by atoms with Gasteiger partial charge in [-0.3, -0.25) is 0 Å². The van der Waals surface area contributed by atoms with Gasteiger partial charge < -0.3 is 0 Å². The SMILES string of the molecule is ClC1CCc2[o+]c3c(cc2C1)CC(Cl)CC3. The molecule has 0 saturated heterocycles. The van der Waals surface area contributed by atoms with Gasteiger partial charge in [-0.2, -0.15) is 0 Å². The number of halogens is 2. The summed E-state index contributed by atoms with van der Waals surface area (Å²) >= 11 is 12.4. The van der Waals surface area contributed by atoms with Crippen molar-refractivity contribution in [3.05, 3.63) is 28.7 Å². The second-order valence-electron chi connectivity index (χ2n) is 4.82. The fraction of sp³-hybridized carbons (Fsp3) is 0.615. The Balaban J connectivity index is 1.99. The molecule has 0 radical (unpaired) electrons. The quantitative estimate of drug-likeness (QED) is 0.509. The first-order valence-electron chi connectivity index (χ1n) is 5.97. The van der Waals surface area contributed by atoms with E-state index in [9.17, 15) is 0 Å². The fourth-order valence-electron chi connectivity index (χ4n) is 2.68. The molecule has 2 aliphatic carbocycles. The zero-order valence-corrected chi connectivity index (χ0v) is 10.7. The van der Waals surface area contributed by atoms with E-state index in [1.807, 2.05) is 0 Å². The van der Waals surface area contributed by atoms with Crippen molar-refractivity contribution in [1.82, 2.24) is 0 Å². The number of hydrogen-bond acceptors (Lipinski definition) is 0. The van der Waals surface area contributed by atoms with Crippen LogP contribution in [0.5, 0.6) is 0 Å². The monoisotopic (exact) mass is 257 g/mol. The third-order valence-electron chi connectivity index (χ3n) is 3.56. The largest absolute Gasteiger partial charge is 0.332 e. The Kier molecular flexibility index (Phi) is 2.85. The third kappa shape index (κ3) is 1.96. The summed E-state index contributed by atoms with van der Waals surface area (Å²) in [6.07, 6.45) is 5.94. The first-order valence-corrected chi connectivity index (χ1v) is 6.84. The topological polar surface area (TPSA) is 11.3 Å². The van der Waals surface area contributed by atoms with Crippen molar-refractivity contribution in [3.8, 4) is 0 Å². The molecule has 86 valence electrons. The molecule has 0 spiro atoms. The number of fused-ring (bicyclic) bond motifs is 2. The van der Waals surface area contributed by atoms with E-state index in [0.29, 0.717) is 0 Å². The molecule has 3 rings (SSSR count). The van der Waals surface area contributed by atoms with E-state index in [2.05, 4.69) is 6.07 Å². The summed E-state index contributed by atoms with van der Waals surface area (Å²) < 4.78 is 6.00. The lowest BCUT2D eigenvalue weighted by Crippen LogP contribution is -2.19. The van der Waals surface area contributed by atoms with Crippen molar-refractivity contribution < 1.29 is 4.42 Å². The molecule has 1 aromatic heterocycles. The smallest absolute Gasteiger partial charge is 0.217 e. The van der Waals surface area contributed by atoms with Gasteiger partial charge in [0.15, 0.2) is 0 Å². The lowest BCUT2D eigenvalue weighted by molar-refractivity contribution is 0.398. The number of rotatable bonds is 0. The van der Waals surface area contributed by atoms with Crippen LogP contribution in [0.15, 0.2) is 10.5 Å². The Morgan fingerprint density at radius 2 is 1.44 bits per heavy atom. The van der Waals surface area contributed by atoms with E-state index in [0.717, 1.165) is 50.0 Å². The van der Waals surface area contributed by atoms with Crippen molar-refractivity contribution in [1.29, 1.82) is 0 Å². The van der Waals surface area contributed by atoms with Gasteiger partial charge in [0.1, 0.15) is 0 Å². The van der Waals surface area contributed by atoms with Crippen LogP contribution in [0, 0.1) is 0 Å². The Morgan fingerprint density at radius 3 is 1.94 bits per heavy atom. The summed E-state index contributed by atoms with van der Waals surface area (Å²) in [4.78, 5) is 0. The second-order valence-corrected chi connectivity index (χ2v) is 6.06. The molecular formula is C13H15Cl2O+. The molecule has 0 saturated carbocycles. The van der Waals surface area contributed by atoms with Gasteiger partial charge in [-0.1, -0.05) is 0 Å². The van der Waals surface area contributed by atoms with Crippen LogP contribution >= 0.6 is 23.2 Å². The van der Waals surface area contributed by atoms with Crippen molar-refractivity contribution in [3.63, 3.8) is 0 Å². The standard InChI is InChI=1S/C13H15Cl2O/c14-10-1-3-12-8(6-10)5-9-7-11(15)2-4-13(9)16-12/h5,10-11H,1-4,6-7H2/q+1. The summed E-state index contributed by atoms with van der Waals surface area (Å²) in [6.45, 7) is 0. The third-order valence-corrected chi connectivity index (χ3v) is 4.31. The van der Waals surface area contributed by atoms with Crippen LogP contribution < -0.4 is 0 Å². The van der Waals surface area contributed by atoms with Gasteiger partial charge in [0.25, 0.3) is 0 Å². The Labute approximate surface area is 106 Å². The molecule has 3 heteroatoms. The summed E-state index contributed by atoms with van der Waals surface area (Å²) in [5, 5.41) is 0.548.